The summed E-state index contributed by atoms with van der Waals surface area (Å²) in [4.78, 5) is 33.6. The lowest BCUT2D eigenvalue weighted by molar-refractivity contribution is -0.131. The highest BCUT2D eigenvalue weighted by atomic mass is 35.5. The molecule has 3 fully saturated rings. The first-order valence-electron chi connectivity index (χ1n) is 15.0. The van der Waals surface area contributed by atoms with Gasteiger partial charge in [-0.05, 0) is 89.2 Å². The third-order valence-electron chi connectivity index (χ3n) is 10.6. The number of amides is 2. The first-order valence-corrected chi connectivity index (χ1v) is 15.4. The summed E-state index contributed by atoms with van der Waals surface area (Å²) in [5, 5.41) is 14.1. The van der Waals surface area contributed by atoms with Crippen LogP contribution in [0.25, 0.3) is 0 Å². The highest BCUT2D eigenvalue weighted by molar-refractivity contribution is 6.31. The summed E-state index contributed by atoms with van der Waals surface area (Å²) in [6, 6.07) is 9.85. The second-order valence-corrected chi connectivity index (χ2v) is 13.9. The van der Waals surface area contributed by atoms with Gasteiger partial charge in [-0.3, -0.25) is 14.5 Å². The number of nitrogens with one attached hydrogen (secondary N) is 1. The van der Waals surface area contributed by atoms with Gasteiger partial charge in [-0.1, -0.05) is 55.1 Å². The molecule has 2 spiro atoms. The summed E-state index contributed by atoms with van der Waals surface area (Å²) in [5.74, 6) is -1.42. The van der Waals surface area contributed by atoms with Crippen LogP contribution in [0.2, 0.25) is 5.02 Å². The van der Waals surface area contributed by atoms with Gasteiger partial charge in [-0.15, -0.1) is 0 Å². The Bertz CT molecular complexity index is 1400. The minimum Gasteiger partial charge on any atom is -0.390 e. The van der Waals surface area contributed by atoms with Crippen LogP contribution < -0.4 is 10.2 Å². The van der Waals surface area contributed by atoms with Crippen LogP contribution in [-0.4, -0.2) is 58.1 Å². The summed E-state index contributed by atoms with van der Waals surface area (Å²) in [6.07, 6.45) is 5.30. The molecule has 2 aliphatic heterocycles. The van der Waals surface area contributed by atoms with Gasteiger partial charge in [0.1, 0.15) is 11.2 Å². The van der Waals surface area contributed by atoms with E-state index in [0.29, 0.717) is 29.0 Å². The number of carbonyl (C=O) groups is 2. The minimum absolute atomic E-state index is 0.0775. The molecule has 0 unspecified atom stereocenters. The van der Waals surface area contributed by atoms with Gasteiger partial charge in [0, 0.05) is 34.3 Å². The van der Waals surface area contributed by atoms with Crippen LogP contribution in [0.5, 0.6) is 0 Å². The van der Waals surface area contributed by atoms with Gasteiger partial charge >= 0.3 is 0 Å². The predicted octanol–water partition coefficient (Wildman–Crippen LogP) is 5.61. The Labute approximate surface area is 247 Å². The highest BCUT2D eigenvalue weighted by Gasteiger charge is 2.76. The van der Waals surface area contributed by atoms with Crippen molar-refractivity contribution in [2.45, 2.75) is 113 Å². The summed E-state index contributed by atoms with van der Waals surface area (Å²) >= 11 is 6.53. The van der Waals surface area contributed by atoms with Crippen molar-refractivity contribution in [3.8, 4) is 0 Å². The van der Waals surface area contributed by atoms with Gasteiger partial charge in [0.2, 0.25) is 11.8 Å². The van der Waals surface area contributed by atoms with Crippen molar-refractivity contribution in [1.82, 2.24) is 10.2 Å². The van der Waals surface area contributed by atoms with E-state index in [0.717, 1.165) is 43.4 Å². The lowest BCUT2D eigenvalue weighted by atomic mass is 9.55. The zero-order valence-electron chi connectivity index (χ0n) is 24.6. The lowest BCUT2D eigenvalue weighted by Gasteiger charge is -2.50. The summed E-state index contributed by atoms with van der Waals surface area (Å²) in [6.45, 7) is 7.48. The molecule has 0 radical (unpaired) electrons. The molecule has 220 valence electrons. The number of aryl methyl sites for hydroxylation is 1. The van der Waals surface area contributed by atoms with Gasteiger partial charge in [0.25, 0.3) is 0 Å². The maximum absolute atomic E-state index is 16.3. The highest BCUT2D eigenvalue weighted by Crippen LogP contribution is 2.67. The number of hydrogen-bond donors (Lipinski definition) is 2. The van der Waals surface area contributed by atoms with E-state index >= 15 is 9.18 Å². The zero-order valence-corrected chi connectivity index (χ0v) is 25.4. The first-order chi connectivity index (χ1) is 19.4. The fraction of sp³-hybridized carbons (Fsp3) is 0.576. The largest absolute Gasteiger partial charge is 0.390 e. The number of anilines is 1. The second kappa shape index (κ2) is 9.78. The number of halogens is 2. The molecule has 1 saturated heterocycles. The summed E-state index contributed by atoms with van der Waals surface area (Å²) in [7, 11) is 1.96. The van der Waals surface area contributed by atoms with Gasteiger partial charge in [0.05, 0.1) is 11.6 Å². The number of hydrogen-bond acceptors (Lipinski definition) is 4. The smallest absolute Gasteiger partial charge is 0.240 e. The maximum atomic E-state index is 16.3. The molecule has 0 aromatic heterocycles. The molecule has 2 amide bonds. The molecule has 2 heterocycles. The molecule has 4 aliphatic rings. The van der Waals surface area contributed by atoms with Crippen molar-refractivity contribution in [2.24, 2.45) is 0 Å². The number of fused-ring (bicyclic) bond motifs is 3. The molecule has 6 rings (SSSR count). The van der Waals surface area contributed by atoms with E-state index in [4.69, 9.17) is 11.6 Å². The molecular formula is C33H41ClFN3O3. The second-order valence-electron chi connectivity index (χ2n) is 13.5. The number of likely N-dealkylation sites (N-methyl/N-ethyl adjacent to an activating group) is 1. The Hall–Kier alpha value is -2.48. The number of benzene rings is 2. The quantitative estimate of drug-likeness (QED) is 0.492. The van der Waals surface area contributed by atoms with Crippen molar-refractivity contribution in [3.05, 3.63) is 63.9 Å². The Morgan fingerprint density at radius 2 is 1.83 bits per heavy atom. The summed E-state index contributed by atoms with van der Waals surface area (Å²) in [5.41, 5.74) is -0.199. The van der Waals surface area contributed by atoms with Crippen molar-refractivity contribution >= 4 is 29.1 Å². The van der Waals surface area contributed by atoms with Crippen LogP contribution in [0.1, 0.15) is 88.3 Å². The van der Waals surface area contributed by atoms with E-state index in [1.807, 2.05) is 50.1 Å². The Morgan fingerprint density at radius 3 is 2.46 bits per heavy atom. The van der Waals surface area contributed by atoms with Gasteiger partial charge in [-0.2, -0.15) is 0 Å². The van der Waals surface area contributed by atoms with E-state index in [2.05, 4.69) is 10.2 Å². The topological polar surface area (TPSA) is 72.9 Å². The zero-order chi connectivity index (χ0) is 29.5. The molecule has 41 heavy (non-hydrogen) atoms. The molecule has 2 aromatic rings. The molecule has 6 nitrogen and oxygen atoms in total. The molecule has 2 aromatic carbocycles. The van der Waals surface area contributed by atoms with Crippen LogP contribution in [-0.2, 0) is 15.0 Å². The number of nitrogens with zero attached hydrogens (tertiary/aromatic N) is 2. The van der Waals surface area contributed by atoms with E-state index < -0.39 is 28.5 Å². The van der Waals surface area contributed by atoms with Crippen molar-refractivity contribution in [1.29, 1.82) is 0 Å². The Kier molecular flexibility index (Phi) is 6.83. The van der Waals surface area contributed by atoms with Gasteiger partial charge in [-0.25, -0.2) is 4.39 Å². The van der Waals surface area contributed by atoms with Crippen molar-refractivity contribution < 1.29 is 19.1 Å². The van der Waals surface area contributed by atoms with Gasteiger partial charge in [0.15, 0.2) is 0 Å². The molecule has 2 saturated carbocycles. The average Bonchev–Trinajstić information content (AvgIpc) is 3.27. The third kappa shape index (κ3) is 3.95. The van der Waals surface area contributed by atoms with Crippen LogP contribution in [0, 0.1) is 12.7 Å². The van der Waals surface area contributed by atoms with Crippen LogP contribution in [0.3, 0.4) is 0 Å². The maximum Gasteiger partial charge on any atom is 0.240 e. The predicted molar refractivity (Wildman–Crippen MR) is 159 cm³/mol. The SMILES string of the molecule is Cc1cccc([C@H]2[C@H](C(=O)N[C@H]3C[C@@](C)(O)C3)N(C)C3(CCCCC3)[C@@]23C(=O)N(C(C)C)c2cc(Cl)ccc23)c1F. The summed E-state index contributed by atoms with van der Waals surface area (Å²) < 4.78 is 16.3. The average molecular weight is 582 g/mol. The number of carbonyl (C=O) groups excluding carboxylic acids is 2. The van der Waals surface area contributed by atoms with E-state index in [9.17, 15) is 9.90 Å². The monoisotopic (exact) mass is 581 g/mol. The normalized spacial score (nSPS) is 32.6. The number of rotatable bonds is 4. The van der Waals surface area contributed by atoms with Crippen molar-refractivity contribution in [3.63, 3.8) is 0 Å². The molecule has 3 atom stereocenters. The molecule has 8 heteroatoms. The lowest BCUT2D eigenvalue weighted by Crippen LogP contribution is -2.62. The van der Waals surface area contributed by atoms with E-state index in [1.54, 1.807) is 26.0 Å². The molecule has 2 aliphatic carbocycles. The molecule has 0 bridgehead atoms. The molecule has 2 N–H and O–H groups in total. The van der Waals surface area contributed by atoms with Crippen LogP contribution in [0.4, 0.5) is 10.1 Å². The number of likely N-dealkylation sites (tertiary alicyclic amines) is 1. The van der Waals surface area contributed by atoms with E-state index in [-0.39, 0.29) is 29.7 Å². The van der Waals surface area contributed by atoms with Crippen molar-refractivity contribution in [2.75, 3.05) is 11.9 Å². The first kappa shape index (κ1) is 28.6. The standard InChI is InChI=1S/C33H41ClFN3O3/c1-19(2)38-25-16-21(34)12-13-24(25)33(30(38)40)26(23-11-9-10-20(3)27(23)35)28(29(39)36-22-17-31(4,41)18-22)37(5)32(33)14-7-6-8-15-32/h9-13,16,19,22,26,28,41H,6-8,14-15,17-18H2,1-5H3,(H,36,39)/t22-,26-,28+,31+,33+/m0/s1. The van der Waals surface area contributed by atoms with Crippen LogP contribution in [0.15, 0.2) is 36.4 Å². The van der Waals surface area contributed by atoms with Gasteiger partial charge < -0.3 is 15.3 Å². The van der Waals surface area contributed by atoms with Crippen LogP contribution >= 0.6 is 11.6 Å². The Morgan fingerprint density at radius 1 is 1.15 bits per heavy atom. The minimum atomic E-state index is -1.19. The Balaban J connectivity index is 1.64. The fourth-order valence-corrected chi connectivity index (χ4v) is 9.09. The van der Waals surface area contributed by atoms with E-state index in [1.165, 1.54) is 0 Å². The third-order valence-corrected chi connectivity index (χ3v) is 10.8. The molecular weight excluding hydrogens is 541 g/mol. The fourth-order valence-electron chi connectivity index (χ4n) is 8.92. The number of aliphatic hydroxyl groups is 1.